The van der Waals surface area contributed by atoms with Gasteiger partial charge < -0.3 is 20.3 Å². The molecular weight excluding hydrogens is 390 g/mol. The molecule has 3 amide bonds. The van der Waals surface area contributed by atoms with E-state index in [2.05, 4.69) is 10.6 Å². The molecule has 158 valence electrons. The van der Waals surface area contributed by atoms with Crippen molar-refractivity contribution in [3.05, 3.63) is 83.9 Å². The molecule has 4 rings (SSSR count). The third-order valence-electron chi connectivity index (χ3n) is 5.15. The molecule has 6 heteroatoms. The Bertz CT molecular complexity index is 1070. The molecule has 3 aromatic carbocycles. The van der Waals surface area contributed by atoms with Crippen LogP contribution in [0, 0.1) is 0 Å². The summed E-state index contributed by atoms with van der Waals surface area (Å²) in [5.41, 5.74) is 3.91. The third kappa shape index (κ3) is 4.86. The number of fused-ring (bicyclic) bond motifs is 1. The number of hydrogen-bond acceptors (Lipinski definition) is 3. The average Bonchev–Trinajstić information content (AvgIpc) is 2.80. The second-order valence-corrected chi connectivity index (χ2v) is 7.31. The fraction of sp³-hybridized carbons (Fsp3) is 0.200. The number of carbonyl (C=O) groups is 2. The topological polar surface area (TPSA) is 70.7 Å². The van der Waals surface area contributed by atoms with E-state index in [9.17, 15) is 9.59 Å². The quantitative estimate of drug-likeness (QED) is 0.592. The molecule has 0 fully saturated rings. The van der Waals surface area contributed by atoms with Crippen LogP contribution in [0.25, 0.3) is 0 Å². The number of hydrogen-bond donors (Lipinski definition) is 2. The first-order valence-corrected chi connectivity index (χ1v) is 10.4. The predicted molar refractivity (Wildman–Crippen MR) is 123 cm³/mol. The van der Waals surface area contributed by atoms with Crippen LogP contribution in [0.15, 0.2) is 72.8 Å². The third-order valence-corrected chi connectivity index (χ3v) is 5.15. The lowest BCUT2D eigenvalue weighted by Crippen LogP contribution is -2.35. The molecule has 1 aliphatic rings. The van der Waals surface area contributed by atoms with Gasteiger partial charge >= 0.3 is 6.03 Å². The van der Waals surface area contributed by atoms with Gasteiger partial charge in [0.1, 0.15) is 5.75 Å². The largest absolute Gasteiger partial charge is 0.494 e. The van der Waals surface area contributed by atoms with Crippen molar-refractivity contribution in [3.63, 3.8) is 0 Å². The zero-order chi connectivity index (χ0) is 21.6. The summed E-state index contributed by atoms with van der Waals surface area (Å²) in [6.07, 6.45) is 1.82. The van der Waals surface area contributed by atoms with Crippen molar-refractivity contribution >= 4 is 29.0 Å². The minimum absolute atomic E-state index is 0.0301. The number of aryl methyl sites for hydroxylation is 1. The first-order valence-electron chi connectivity index (χ1n) is 10.4. The summed E-state index contributed by atoms with van der Waals surface area (Å²) in [6.45, 7) is 3.17. The standard InChI is InChI=1S/C25H25N3O3/c1-2-31-22-14-12-20(13-15-22)26-25(30)27-21-11-10-18-9-6-16-28(23(18)17-21)24(29)19-7-4-3-5-8-19/h3-5,7-8,10-15,17H,2,6,9,16H2,1H3,(H2,26,27,30). The number of rotatable bonds is 5. The van der Waals surface area contributed by atoms with Crippen LogP contribution in [-0.2, 0) is 6.42 Å². The SMILES string of the molecule is CCOc1ccc(NC(=O)Nc2ccc3c(c2)N(C(=O)c2ccccc2)CCC3)cc1. The molecule has 0 unspecified atom stereocenters. The lowest BCUT2D eigenvalue weighted by molar-refractivity contribution is 0.0985. The van der Waals surface area contributed by atoms with E-state index in [1.54, 1.807) is 17.0 Å². The average molecular weight is 415 g/mol. The van der Waals surface area contributed by atoms with Crippen LogP contribution in [0.4, 0.5) is 21.9 Å². The van der Waals surface area contributed by atoms with Gasteiger partial charge in [-0.05, 0) is 73.9 Å². The fourth-order valence-corrected chi connectivity index (χ4v) is 3.69. The Labute approximate surface area is 181 Å². The van der Waals surface area contributed by atoms with Crippen LogP contribution in [0.1, 0.15) is 29.3 Å². The number of urea groups is 1. The maximum atomic E-state index is 13.0. The number of ether oxygens (including phenoxy) is 1. The van der Waals surface area contributed by atoms with Crippen LogP contribution in [0.3, 0.4) is 0 Å². The first-order chi connectivity index (χ1) is 15.1. The Balaban J connectivity index is 1.48. The molecule has 0 aromatic heterocycles. The summed E-state index contributed by atoms with van der Waals surface area (Å²) in [4.78, 5) is 27.3. The summed E-state index contributed by atoms with van der Waals surface area (Å²) >= 11 is 0. The molecule has 0 saturated heterocycles. The van der Waals surface area contributed by atoms with Crippen LogP contribution in [0.2, 0.25) is 0 Å². The number of amides is 3. The van der Waals surface area contributed by atoms with Gasteiger partial charge in [-0.25, -0.2) is 4.79 Å². The predicted octanol–water partition coefficient (Wildman–Crippen LogP) is 5.32. The highest BCUT2D eigenvalue weighted by Gasteiger charge is 2.24. The Morgan fingerprint density at radius 2 is 1.65 bits per heavy atom. The molecule has 0 spiro atoms. The molecular formula is C25H25N3O3. The molecule has 0 radical (unpaired) electrons. The number of nitrogens with zero attached hydrogens (tertiary/aromatic N) is 1. The Hall–Kier alpha value is -3.80. The van der Waals surface area contributed by atoms with E-state index in [0.717, 1.165) is 29.8 Å². The minimum atomic E-state index is -0.346. The second kappa shape index (κ2) is 9.34. The molecule has 6 nitrogen and oxygen atoms in total. The van der Waals surface area contributed by atoms with Crippen LogP contribution in [0.5, 0.6) is 5.75 Å². The lowest BCUT2D eigenvalue weighted by atomic mass is 10.00. The highest BCUT2D eigenvalue weighted by Crippen LogP contribution is 2.31. The van der Waals surface area contributed by atoms with E-state index >= 15 is 0 Å². The molecule has 0 saturated carbocycles. The van der Waals surface area contributed by atoms with Gasteiger partial charge in [-0.3, -0.25) is 4.79 Å². The van der Waals surface area contributed by atoms with E-state index in [4.69, 9.17) is 4.74 Å². The number of anilines is 3. The van der Waals surface area contributed by atoms with Crippen LogP contribution >= 0.6 is 0 Å². The Kier molecular flexibility index (Phi) is 6.17. The molecule has 0 atom stereocenters. The van der Waals surface area contributed by atoms with Crippen LogP contribution in [-0.4, -0.2) is 25.1 Å². The summed E-state index contributed by atoms with van der Waals surface area (Å²) in [6, 6.07) is 21.8. The van der Waals surface area contributed by atoms with E-state index in [0.29, 0.717) is 30.1 Å². The zero-order valence-electron chi connectivity index (χ0n) is 17.4. The smallest absolute Gasteiger partial charge is 0.323 e. The van der Waals surface area contributed by atoms with E-state index in [-0.39, 0.29) is 11.9 Å². The van der Waals surface area contributed by atoms with Crippen molar-refractivity contribution in [1.29, 1.82) is 0 Å². The van der Waals surface area contributed by atoms with Crippen molar-refractivity contribution in [2.24, 2.45) is 0 Å². The molecule has 31 heavy (non-hydrogen) atoms. The van der Waals surface area contributed by atoms with Gasteiger partial charge in [0.15, 0.2) is 0 Å². The maximum absolute atomic E-state index is 13.0. The van der Waals surface area contributed by atoms with Crippen molar-refractivity contribution in [2.45, 2.75) is 19.8 Å². The Morgan fingerprint density at radius 1 is 0.935 bits per heavy atom. The summed E-state index contributed by atoms with van der Waals surface area (Å²) in [7, 11) is 0. The van der Waals surface area contributed by atoms with Gasteiger partial charge in [0.2, 0.25) is 0 Å². The molecule has 3 aromatic rings. The molecule has 1 aliphatic heterocycles. The number of carbonyl (C=O) groups excluding carboxylic acids is 2. The maximum Gasteiger partial charge on any atom is 0.323 e. The van der Waals surface area contributed by atoms with Crippen LogP contribution < -0.4 is 20.3 Å². The van der Waals surface area contributed by atoms with Crippen molar-refractivity contribution < 1.29 is 14.3 Å². The monoisotopic (exact) mass is 415 g/mol. The first kappa shape index (κ1) is 20.5. The van der Waals surface area contributed by atoms with E-state index < -0.39 is 0 Å². The highest BCUT2D eigenvalue weighted by molar-refractivity contribution is 6.07. The van der Waals surface area contributed by atoms with Gasteiger partial charge in [-0.1, -0.05) is 24.3 Å². The van der Waals surface area contributed by atoms with E-state index in [1.165, 1.54) is 0 Å². The van der Waals surface area contributed by atoms with Gasteiger partial charge in [0.25, 0.3) is 5.91 Å². The van der Waals surface area contributed by atoms with Gasteiger partial charge in [-0.15, -0.1) is 0 Å². The molecule has 2 N–H and O–H groups in total. The summed E-state index contributed by atoms with van der Waals surface area (Å²) in [5, 5.41) is 5.67. The van der Waals surface area contributed by atoms with Crippen molar-refractivity contribution in [1.82, 2.24) is 0 Å². The van der Waals surface area contributed by atoms with Gasteiger partial charge in [-0.2, -0.15) is 0 Å². The summed E-state index contributed by atoms with van der Waals surface area (Å²) < 4.78 is 5.42. The fourth-order valence-electron chi connectivity index (χ4n) is 3.69. The molecule has 0 aliphatic carbocycles. The minimum Gasteiger partial charge on any atom is -0.494 e. The molecule has 1 heterocycles. The Morgan fingerprint density at radius 3 is 2.39 bits per heavy atom. The number of benzene rings is 3. The number of nitrogens with one attached hydrogen (secondary N) is 2. The second-order valence-electron chi connectivity index (χ2n) is 7.31. The summed E-state index contributed by atoms with van der Waals surface area (Å²) in [5.74, 6) is 0.726. The zero-order valence-corrected chi connectivity index (χ0v) is 17.4. The normalized spacial score (nSPS) is 12.6. The lowest BCUT2D eigenvalue weighted by Gasteiger charge is -2.30. The van der Waals surface area contributed by atoms with Gasteiger partial charge in [0.05, 0.1) is 6.61 Å². The van der Waals surface area contributed by atoms with Crippen molar-refractivity contribution in [2.75, 3.05) is 28.7 Å². The van der Waals surface area contributed by atoms with E-state index in [1.807, 2.05) is 67.6 Å². The van der Waals surface area contributed by atoms with Crippen molar-refractivity contribution in [3.8, 4) is 5.75 Å². The van der Waals surface area contributed by atoms with Gasteiger partial charge in [0, 0.05) is 29.2 Å². The molecule has 0 bridgehead atoms. The highest BCUT2D eigenvalue weighted by atomic mass is 16.5.